The van der Waals surface area contributed by atoms with Crippen molar-refractivity contribution in [3.8, 4) is 11.4 Å². The van der Waals surface area contributed by atoms with Crippen molar-refractivity contribution in [2.45, 2.75) is 38.5 Å². The Bertz CT molecular complexity index is 593. The molecule has 2 aliphatic rings. The van der Waals surface area contributed by atoms with Gasteiger partial charge in [0.15, 0.2) is 5.82 Å². The van der Waals surface area contributed by atoms with Gasteiger partial charge in [0.25, 0.3) is 0 Å². The van der Waals surface area contributed by atoms with Crippen LogP contribution in [0.25, 0.3) is 11.4 Å². The molecule has 0 saturated heterocycles. The number of nitrogens with zero attached hydrogens (tertiary/aromatic N) is 3. The summed E-state index contributed by atoms with van der Waals surface area (Å²) in [6, 6.07) is 6.46. The van der Waals surface area contributed by atoms with Crippen LogP contribution in [0.3, 0.4) is 0 Å². The number of anilines is 1. The lowest BCUT2D eigenvalue weighted by Crippen LogP contribution is -2.12. The lowest BCUT2D eigenvalue weighted by Gasteiger charge is -2.18. The van der Waals surface area contributed by atoms with E-state index in [0.717, 1.165) is 48.6 Å². The van der Waals surface area contributed by atoms with Crippen molar-refractivity contribution in [2.75, 3.05) is 11.9 Å². The smallest absolute Gasteiger partial charge is 0.182 e. The lowest BCUT2D eigenvalue weighted by molar-refractivity contribution is 0.634. The summed E-state index contributed by atoms with van der Waals surface area (Å²) in [4.78, 5) is 4.74. The van der Waals surface area contributed by atoms with Crippen LogP contribution in [0.5, 0.6) is 0 Å². The highest BCUT2D eigenvalue weighted by molar-refractivity contribution is 5.64. The van der Waals surface area contributed by atoms with Crippen molar-refractivity contribution >= 4 is 5.69 Å². The van der Waals surface area contributed by atoms with E-state index in [1.807, 2.05) is 0 Å². The van der Waals surface area contributed by atoms with Gasteiger partial charge in [-0.1, -0.05) is 0 Å². The van der Waals surface area contributed by atoms with Crippen LogP contribution in [0.2, 0.25) is 0 Å². The molecule has 0 fully saturated rings. The summed E-state index contributed by atoms with van der Waals surface area (Å²) in [5, 5.41) is 12.1. The molecule has 0 radical (unpaired) electrons. The number of aryl methyl sites for hydroxylation is 3. The van der Waals surface area contributed by atoms with Crippen molar-refractivity contribution in [3.05, 3.63) is 35.2 Å². The lowest BCUT2D eigenvalue weighted by atomic mass is 9.99. The van der Waals surface area contributed by atoms with Crippen LogP contribution in [0, 0.1) is 0 Å². The zero-order valence-electron chi connectivity index (χ0n) is 11.5. The Morgan fingerprint density at radius 2 is 1.80 bits per heavy atom. The molecule has 0 bridgehead atoms. The summed E-state index contributed by atoms with van der Waals surface area (Å²) >= 11 is 0. The second-order valence-corrected chi connectivity index (χ2v) is 5.64. The minimum Gasteiger partial charge on any atom is -0.385 e. The summed E-state index contributed by atoms with van der Waals surface area (Å²) in [7, 11) is 0. The van der Waals surface area contributed by atoms with Gasteiger partial charge in [-0.2, -0.15) is 5.10 Å². The molecule has 1 N–H and O–H groups in total. The first kappa shape index (κ1) is 11.8. The molecule has 102 valence electrons. The van der Waals surface area contributed by atoms with Crippen LogP contribution in [0.4, 0.5) is 5.69 Å². The maximum Gasteiger partial charge on any atom is 0.182 e. The van der Waals surface area contributed by atoms with Crippen molar-refractivity contribution < 1.29 is 0 Å². The highest BCUT2D eigenvalue weighted by Gasteiger charge is 2.16. The molecular weight excluding hydrogens is 248 g/mol. The summed E-state index contributed by atoms with van der Waals surface area (Å²) in [5.74, 6) is 0.777. The third-order valence-electron chi connectivity index (χ3n) is 4.22. The summed E-state index contributed by atoms with van der Waals surface area (Å²) in [6.07, 6.45) is 6.84. The molecule has 1 aliphatic carbocycles. The van der Waals surface area contributed by atoms with Gasteiger partial charge in [0, 0.05) is 17.8 Å². The SMILES string of the molecule is c1cc2c(cc1-c1nnc3c(n1)CCCC3)CCCN2. The zero-order chi connectivity index (χ0) is 13.4. The first-order valence-electron chi connectivity index (χ1n) is 7.50. The average Bonchev–Trinajstić information content (AvgIpc) is 2.54. The van der Waals surface area contributed by atoms with E-state index in [-0.39, 0.29) is 0 Å². The average molecular weight is 266 g/mol. The van der Waals surface area contributed by atoms with Crippen LogP contribution in [-0.2, 0) is 19.3 Å². The molecule has 4 nitrogen and oxygen atoms in total. The van der Waals surface area contributed by atoms with Gasteiger partial charge in [0.2, 0.25) is 0 Å². The molecule has 4 rings (SSSR count). The van der Waals surface area contributed by atoms with Crippen molar-refractivity contribution in [1.29, 1.82) is 0 Å². The van der Waals surface area contributed by atoms with E-state index < -0.39 is 0 Å². The fourth-order valence-electron chi connectivity index (χ4n) is 3.10. The second-order valence-electron chi connectivity index (χ2n) is 5.64. The van der Waals surface area contributed by atoms with Gasteiger partial charge in [-0.3, -0.25) is 0 Å². The highest BCUT2D eigenvalue weighted by atomic mass is 15.2. The predicted octanol–water partition coefficient (Wildman–Crippen LogP) is 2.78. The van der Waals surface area contributed by atoms with Gasteiger partial charge < -0.3 is 5.32 Å². The number of aromatic nitrogens is 3. The Labute approximate surface area is 118 Å². The number of benzene rings is 1. The van der Waals surface area contributed by atoms with Gasteiger partial charge in [-0.05, 0) is 62.3 Å². The highest BCUT2D eigenvalue weighted by Crippen LogP contribution is 2.27. The molecule has 0 amide bonds. The molecule has 4 heteroatoms. The molecule has 2 heterocycles. The Morgan fingerprint density at radius 1 is 0.900 bits per heavy atom. The van der Waals surface area contributed by atoms with Gasteiger partial charge in [0.1, 0.15) is 0 Å². The molecule has 0 atom stereocenters. The van der Waals surface area contributed by atoms with Crippen LogP contribution < -0.4 is 5.32 Å². The van der Waals surface area contributed by atoms with Crippen LogP contribution >= 0.6 is 0 Å². The second kappa shape index (κ2) is 4.85. The normalized spacial score (nSPS) is 17.0. The standard InChI is InChI=1S/C16H18N4/c1-2-6-15-14(5-1)18-16(20-19-15)12-7-8-13-11(10-12)4-3-9-17-13/h7-8,10,17H,1-6,9H2. The molecule has 0 saturated carbocycles. The quantitative estimate of drug-likeness (QED) is 0.862. The first-order valence-corrected chi connectivity index (χ1v) is 7.50. The van der Waals surface area contributed by atoms with E-state index in [2.05, 4.69) is 33.7 Å². The van der Waals surface area contributed by atoms with Crippen LogP contribution in [0.1, 0.15) is 36.2 Å². The summed E-state index contributed by atoms with van der Waals surface area (Å²) in [6.45, 7) is 1.07. The minimum atomic E-state index is 0.777. The van der Waals surface area contributed by atoms with Gasteiger partial charge in [-0.25, -0.2) is 4.98 Å². The number of rotatable bonds is 1. The molecular formula is C16H18N4. The Hall–Kier alpha value is -1.97. The van der Waals surface area contributed by atoms with E-state index in [9.17, 15) is 0 Å². The van der Waals surface area contributed by atoms with Gasteiger partial charge in [-0.15, -0.1) is 5.10 Å². The fourth-order valence-corrected chi connectivity index (χ4v) is 3.10. The number of nitrogens with one attached hydrogen (secondary N) is 1. The number of hydrogen-bond acceptors (Lipinski definition) is 4. The maximum absolute atomic E-state index is 4.74. The van der Waals surface area contributed by atoms with Crippen LogP contribution in [0.15, 0.2) is 18.2 Å². The molecule has 2 aromatic rings. The summed E-state index contributed by atoms with van der Waals surface area (Å²) in [5.41, 5.74) is 5.96. The molecule has 0 unspecified atom stereocenters. The monoisotopic (exact) mass is 266 g/mol. The van der Waals surface area contributed by atoms with Crippen LogP contribution in [-0.4, -0.2) is 21.7 Å². The Balaban J connectivity index is 1.73. The zero-order valence-corrected chi connectivity index (χ0v) is 11.5. The molecule has 20 heavy (non-hydrogen) atoms. The Kier molecular flexibility index (Phi) is 2.87. The Morgan fingerprint density at radius 3 is 2.75 bits per heavy atom. The van der Waals surface area contributed by atoms with E-state index in [1.54, 1.807) is 0 Å². The fraction of sp³-hybridized carbons (Fsp3) is 0.438. The van der Waals surface area contributed by atoms with Crippen molar-refractivity contribution in [3.63, 3.8) is 0 Å². The molecule has 1 aromatic carbocycles. The van der Waals surface area contributed by atoms with Gasteiger partial charge in [0.05, 0.1) is 11.4 Å². The molecule has 1 aliphatic heterocycles. The topological polar surface area (TPSA) is 50.7 Å². The van der Waals surface area contributed by atoms with E-state index >= 15 is 0 Å². The summed E-state index contributed by atoms with van der Waals surface area (Å²) < 4.78 is 0. The van der Waals surface area contributed by atoms with E-state index in [1.165, 1.54) is 30.5 Å². The third kappa shape index (κ3) is 2.05. The van der Waals surface area contributed by atoms with E-state index in [4.69, 9.17) is 4.98 Å². The van der Waals surface area contributed by atoms with Crippen molar-refractivity contribution in [1.82, 2.24) is 15.2 Å². The predicted molar refractivity (Wildman–Crippen MR) is 78.7 cm³/mol. The molecule has 1 aromatic heterocycles. The minimum absolute atomic E-state index is 0.777. The number of fused-ring (bicyclic) bond motifs is 2. The van der Waals surface area contributed by atoms with E-state index in [0.29, 0.717) is 0 Å². The largest absolute Gasteiger partial charge is 0.385 e. The third-order valence-corrected chi connectivity index (χ3v) is 4.22. The molecule has 0 spiro atoms. The van der Waals surface area contributed by atoms with Crippen molar-refractivity contribution in [2.24, 2.45) is 0 Å². The van der Waals surface area contributed by atoms with Gasteiger partial charge >= 0.3 is 0 Å². The maximum atomic E-state index is 4.74. The first-order chi connectivity index (χ1) is 9.90. The number of hydrogen-bond donors (Lipinski definition) is 1.